The Morgan fingerprint density at radius 1 is 0.600 bits per heavy atom. The van der Waals surface area contributed by atoms with E-state index >= 15 is 0 Å². The summed E-state index contributed by atoms with van der Waals surface area (Å²) < 4.78 is 0. The van der Waals surface area contributed by atoms with E-state index in [4.69, 9.17) is 0 Å². The fraction of sp³-hybridized carbons (Fsp3) is 0.357. The average Bonchev–Trinajstić information content (AvgIpc) is 2.82. The number of halogens is 1. The predicted molar refractivity (Wildman–Crippen MR) is 130 cm³/mol. The summed E-state index contributed by atoms with van der Waals surface area (Å²) >= 11 is 0. The van der Waals surface area contributed by atoms with Crippen LogP contribution in [0.3, 0.4) is 0 Å². The Kier molecular flexibility index (Phi) is 8.72. The zero-order valence-corrected chi connectivity index (χ0v) is 20.6. The second-order valence-corrected chi connectivity index (χ2v) is 12.2. The minimum atomic E-state index is -1.64. The molecule has 0 aromatic heterocycles. The summed E-state index contributed by atoms with van der Waals surface area (Å²) in [5.41, 5.74) is 0. The first-order valence-corrected chi connectivity index (χ1v) is 13.3. The van der Waals surface area contributed by atoms with Crippen LogP contribution in [0.1, 0.15) is 45.4 Å². The first-order valence-electron chi connectivity index (χ1n) is 11.4. The maximum Gasteiger partial charge on any atom is 0.112 e. The van der Waals surface area contributed by atoms with Gasteiger partial charge < -0.3 is 17.0 Å². The van der Waals surface area contributed by atoms with Crippen LogP contribution in [0, 0.1) is 11.8 Å². The Bertz CT molecular complexity index is 758. The summed E-state index contributed by atoms with van der Waals surface area (Å²) in [4.78, 5) is 0. The molecule has 0 aliphatic heterocycles. The zero-order valence-electron chi connectivity index (χ0n) is 18.1. The molecule has 0 saturated heterocycles. The molecule has 0 nitrogen and oxygen atoms in total. The van der Waals surface area contributed by atoms with Gasteiger partial charge in [0.25, 0.3) is 0 Å². The molecule has 0 atom stereocenters. The molecule has 30 heavy (non-hydrogen) atoms. The molecule has 0 spiro atoms. The van der Waals surface area contributed by atoms with Crippen molar-refractivity contribution >= 4 is 23.2 Å². The topological polar surface area (TPSA) is 0 Å². The van der Waals surface area contributed by atoms with E-state index in [1.54, 1.807) is 0 Å². The Hall–Kier alpha value is -1.43. The highest BCUT2D eigenvalue weighted by atomic mass is 79.9. The van der Waals surface area contributed by atoms with Gasteiger partial charge in [-0.3, -0.25) is 0 Å². The van der Waals surface area contributed by atoms with Crippen LogP contribution in [0.4, 0.5) is 0 Å². The largest absolute Gasteiger partial charge is 1.00 e. The molecule has 0 unspecified atom stereocenters. The van der Waals surface area contributed by atoms with Crippen LogP contribution < -0.4 is 32.9 Å². The highest BCUT2D eigenvalue weighted by Gasteiger charge is 2.45. The average molecular weight is 481 g/mol. The van der Waals surface area contributed by atoms with Gasteiger partial charge in [0, 0.05) is 0 Å². The van der Waals surface area contributed by atoms with Crippen molar-refractivity contribution in [2.45, 2.75) is 45.4 Å². The van der Waals surface area contributed by atoms with Crippen LogP contribution in [0.15, 0.2) is 91.0 Å². The molecule has 3 aromatic carbocycles. The normalized spacial score (nSPS) is 19.1. The fourth-order valence-corrected chi connectivity index (χ4v) is 9.65. The third-order valence-corrected chi connectivity index (χ3v) is 11.5. The smallest absolute Gasteiger partial charge is 0.112 e. The highest BCUT2D eigenvalue weighted by Crippen LogP contribution is 2.56. The lowest BCUT2D eigenvalue weighted by atomic mass is 9.80. The van der Waals surface area contributed by atoms with Gasteiger partial charge in [-0.25, -0.2) is 0 Å². The fourth-order valence-electron chi connectivity index (χ4n) is 5.19. The van der Waals surface area contributed by atoms with E-state index < -0.39 is 7.26 Å². The maximum absolute atomic E-state index is 2.38. The van der Waals surface area contributed by atoms with Crippen LogP contribution in [-0.2, 0) is 0 Å². The lowest BCUT2D eigenvalue weighted by Crippen LogP contribution is -3.00. The monoisotopic (exact) mass is 480 g/mol. The molecule has 0 bridgehead atoms. The minimum absolute atomic E-state index is 0. The molecule has 4 rings (SSSR count). The Morgan fingerprint density at radius 3 is 1.33 bits per heavy atom. The van der Waals surface area contributed by atoms with Gasteiger partial charge in [-0.15, -0.1) is 0 Å². The molecule has 3 aromatic rings. The van der Waals surface area contributed by atoms with Gasteiger partial charge in [0.15, 0.2) is 0 Å². The number of benzene rings is 3. The lowest BCUT2D eigenvalue weighted by Gasteiger charge is -2.32. The van der Waals surface area contributed by atoms with Crippen molar-refractivity contribution < 1.29 is 17.0 Å². The van der Waals surface area contributed by atoms with Crippen LogP contribution >= 0.6 is 7.26 Å². The van der Waals surface area contributed by atoms with Crippen molar-refractivity contribution in [3.05, 3.63) is 91.0 Å². The summed E-state index contributed by atoms with van der Waals surface area (Å²) in [6, 6.07) is 34.1. The Morgan fingerprint density at radius 2 is 0.967 bits per heavy atom. The van der Waals surface area contributed by atoms with Gasteiger partial charge in [-0.05, 0) is 54.7 Å². The van der Waals surface area contributed by atoms with Crippen LogP contribution in [-0.4, -0.2) is 6.16 Å². The molecule has 0 amide bonds. The zero-order chi connectivity index (χ0) is 19.9. The molecule has 1 aliphatic carbocycles. The van der Waals surface area contributed by atoms with Crippen molar-refractivity contribution in [1.29, 1.82) is 0 Å². The summed E-state index contributed by atoms with van der Waals surface area (Å²) in [5, 5.41) is 4.58. The molecule has 1 aliphatic rings. The SMILES string of the molecule is CCC1CCC(CC[P+](c2ccccc2)(c2ccccc2)c2ccccc2)CC1.[Br-]. The summed E-state index contributed by atoms with van der Waals surface area (Å²) in [6.45, 7) is 2.36. The van der Waals surface area contributed by atoms with Gasteiger partial charge in [0.1, 0.15) is 23.2 Å². The molecule has 0 heterocycles. The van der Waals surface area contributed by atoms with Crippen molar-refractivity contribution in [2.75, 3.05) is 6.16 Å². The van der Waals surface area contributed by atoms with Gasteiger partial charge >= 0.3 is 0 Å². The van der Waals surface area contributed by atoms with Gasteiger partial charge in [0.2, 0.25) is 0 Å². The molecule has 0 N–H and O–H groups in total. The van der Waals surface area contributed by atoms with E-state index in [-0.39, 0.29) is 17.0 Å². The summed E-state index contributed by atoms with van der Waals surface area (Å²) in [6.07, 6.45) is 9.73. The molecular formula is C28H34BrP. The predicted octanol–water partition coefficient (Wildman–Crippen LogP) is 3.59. The maximum atomic E-state index is 2.38. The Labute approximate surface area is 194 Å². The number of hydrogen-bond donors (Lipinski definition) is 0. The van der Waals surface area contributed by atoms with E-state index in [0.29, 0.717) is 0 Å². The molecule has 0 radical (unpaired) electrons. The third kappa shape index (κ3) is 5.06. The van der Waals surface area contributed by atoms with Crippen molar-refractivity contribution in [3.63, 3.8) is 0 Å². The van der Waals surface area contributed by atoms with E-state index in [1.165, 1.54) is 60.6 Å². The second-order valence-electron chi connectivity index (χ2n) is 8.62. The van der Waals surface area contributed by atoms with Crippen LogP contribution in [0.2, 0.25) is 0 Å². The van der Waals surface area contributed by atoms with Crippen molar-refractivity contribution in [1.82, 2.24) is 0 Å². The van der Waals surface area contributed by atoms with Crippen molar-refractivity contribution in [3.8, 4) is 0 Å². The lowest BCUT2D eigenvalue weighted by molar-refractivity contribution is -0.00000582. The molecule has 1 saturated carbocycles. The summed E-state index contributed by atoms with van der Waals surface area (Å²) in [7, 11) is -1.64. The van der Waals surface area contributed by atoms with Crippen molar-refractivity contribution in [2.24, 2.45) is 11.8 Å². The van der Waals surface area contributed by atoms with E-state index in [1.807, 2.05) is 0 Å². The Balaban J connectivity index is 0.00000256. The van der Waals surface area contributed by atoms with Gasteiger partial charge in [0.05, 0.1) is 6.16 Å². The highest BCUT2D eigenvalue weighted by molar-refractivity contribution is 7.95. The second kappa shape index (κ2) is 11.3. The molecule has 2 heteroatoms. The van der Waals surface area contributed by atoms with Gasteiger partial charge in [-0.2, -0.15) is 0 Å². The van der Waals surface area contributed by atoms with E-state index in [9.17, 15) is 0 Å². The van der Waals surface area contributed by atoms with Gasteiger partial charge in [-0.1, -0.05) is 93.6 Å². The van der Waals surface area contributed by atoms with Crippen LogP contribution in [0.5, 0.6) is 0 Å². The standard InChI is InChI=1S/C28H34P.BrH/c1-2-24-18-20-25(21-19-24)22-23-29(26-12-6-3-7-13-26,27-14-8-4-9-15-27)28-16-10-5-11-17-28;/h3-17,24-25H,2,18-23H2,1H3;1H/q+1;/p-1. The first-order chi connectivity index (χ1) is 14.3. The quantitative estimate of drug-likeness (QED) is 0.453. The number of rotatable bonds is 7. The van der Waals surface area contributed by atoms with Crippen LogP contribution in [0.25, 0.3) is 0 Å². The molecule has 1 fully saturated rings. The minimum Gasteiger partial charge on any atom is -1.00 e. The molecular weight excluding hydrogens is 447 g/mol. The van der Waals surface area contributed by atoms with E-state index in [2.05, 4.69) is 97.9 Å². The summed E-state index contributed by atoms with van der Waals surface area (Å²) in [5.74, 6) is 1.87. The van der Waals surface area contributed by atoms with E-state index in [0.717, 1.165) is 11.8 Å². The number of hydrogen-bond acceptors (Lipinski definition) is 0. The molecule has 158 valence electrons. The first kappa shape index (κ1) is 23.2. The third-order valence-electron chi connectivity index (χ3n) is 7.01.